The van der Waals surface area contributed by atoms with Crippen molar-refractivity contribution in [3.63, 3.8) is 0 Å². The predicted molar refractivity (Wildman–Crippen MR) is 97.1 cm³/mol. The Labute approximate surface area is 157 Å². The quantitative estimate of drug-likeness (QED) is 0.805. The molecule has 2 aliphatic rings. The number of anilines is 2. The third-order valence-corrected chi connectivity index (χ3v) is 4.75. The zero-order valence-electron chi connectivity index (χ0n) is 15.8. The number of ether oxygens (including phenoxy) is 3. The molecule has 1 amide bonds. The highest BCUT2D eigenvalue weighted by Gasteiger charge is 2.35. The lowest BCUT2D eigenvalue weighted by Crippen LogP contribution is -2.39. The van der Waals surface area contributed by atoms with Crippen LogP contribution in [0.4, 0.5) is 11.4 Å². The zero-order chi connectivity index (χ0) is 19.8. The summed E-state index contributed by atoms with van der Waals surface area (Å²) in [6, 6.07) is 5.43. The summed E-state index contributed by atoms with van der Waals surface area (Å²) in [6.07, 6.45) is 0.354. The van der Waals surface area contributed by atoms with Gasteiger partial charge < -0.3 is 24.4 Å². The van der Waals surface area contributed by atoms with Gasteiger partial charge >= 0.3 is 11.9 Å². The van der Waals surface area contributed by atoms with Crippen LogP contribution < -0.4 is 10.2 Å². The van der Waals surface area contributed by atoms with Gasteiger partial charge in [-0.1, -0.05) is 13.8 Å². The van der Waals surface area contributed by atoms with Crippen LogP contribution in [0.15, 0.2) is 29.5 Å². The van der Waals surface area contributed by atoms with Crippen molar-refractivity contribution < 1.29 is 28.6 Å². The molecule has 1 N–H and O–H groups in total. The topological polar surface area (TPSA) is 94.2 Å². The van der Waals surface area contributed by atoms with Gasteiger partial charge in [-0.25, -0.2) is 9.59 Å². The van der Waals surface area contributed by atoms with Crippen molar-refractivity contribution >= 4 is 29.2 Å². The fraction of sp³-hybridized carbons (Fsp3) is 0.421. The zero-order valence-corrected chi connectivity index (χ0v) is 15.8. The summed E-state index contributed by atoms with van der Waals surface area (Å²) in [5.74, 6) is -1.33. The molecule has 0 saturated heterocycles. The molecule has 8 nitrogen and oxygen atoms in total. The fourth-order valence-electron chi connectivity index (χ4n) is 3.41. The first-order valence-electron chi connectivity index (χ1n) is 8.48. The maximum atomic E-state index is 12.4. The Morgan fingerprint density at radius 1 is 1.19 bits per heavy atom. The van der Waals surface area contributed by atoms with Gasteiger partial charge in [-0.05, 0) is 23.8 Å². The first kappa shape index (κ1) is 18.9. The first-order chi connectivity index (χ1) is 12.8. The summed E-state index contributed by atoms with van der Waals surface area (Å²) < 4.78 is 15.2. The van der Waals surface area contributed by atoms with Gasteiger partial charge in [-0.2, -0.15) is 0 Å². The maximum Gasteiger partial charge on any atom is 0.355 e. The average Bonchev–Trinajstić information content (AvgIpc) is 2.65. The minimum absolute atomic E-state index is 0.0373. The summed E-state index contributed by atoms with van der Waals surface area (Å²) in [7, 11) is 2.50. The van der Waals surface area contributed by atoms with E-state index in [0.717, 1.165) is 11.3 Å². The van der Waals surface area contributed by atoms with Crippen LogP contribution in [0.25, 0.3) is 0 Å². The highest BCUT2D eigenvalue weighted by atomic mass is 16.5. The SMILES string of the molecule is COC(=O)C1=C(C(=O)OC)N(c2ccc3c(c2)C(C)(C)CC(=O)N3)COC1. The molecule has 27 heavy (non-hydrogen) atoms. The number of hydrogen-bond acceptors (Lipinski definition) is 7. The second kappa shape index (κ2) is 7.03. The number of nitrogens with one attached hydrogen (secondary N) is 1. The highest BCUT2D eigenvalue weighted by molar-refractivity contribution is 6.03. The maximum absolute atomic E-state index is 12.4. The molecule has 2 aliphatic heterocycles. The molecule has 0 atom stereocenters. The largest absolute Gasteiger partial charge is 0.466 e. The number of rotatable bonds is 3. The normalized spacial score (nSPS) is 18.5. The third-order valence-electron chi connectivity index (χ3n) is 4.75. The van der Waals surface area contributed by atoms with Crippen LogP contribution >= 0.6 is 0 Å². The van der Waals surface area contributed by atoms with Crippen LogP contribution in [0.5, 0.6) is 0 Å². The monoisotopic (exact) mass is 374 g/mol. The van der Waals surface area contributed by atoms with E-state index in [9.17, 15) is 14.4 Å². The lowest BCUT2D eigenvalue weighted by molar-refractivity contribution is -0.140. The summed E-state index contributed by atoms with van der Waals surface area (Å²) in [5, 5.41) is 2.86. The summed E-state index contributed by atoms with van der Waals surface area (Å²) >= 11 is 0. The third kappa shape index (κ3) is 3.40. The van der Waals surface area contributed by atoms with E-state index in [1.165, 1.54) is 14.2 Å². The number of esters is 2. The van der Waals surface area contributed by atoms with E-state index in [-0.39, 0.29) is 35.9 Å². The minimum Gasteiger partial charge on any atom is -0.466 e. The van der Waals surface area contributed by atoms with Gasteiger partial charge in [-0.15, -0.1) is 0 Å². The van der Waals surface area contributed by atoms with E-state index in [1.54, 1.807) is 17.0 Å². The molecule has 3 rings (SSSR count). The van der Waals surface area contributed by atoms with Crippen molar-refractivity contribution in [2.45, 2.75) is 25.7 Å². The average molecular weight is 374 g/mol. The number of carbonyl (C=O) groups is 3. The Kier molecular flexibility index (Phi) is 4.93. The van der Waals surface area contributed by atoms with Crippen LogP contribution in [-0.2, 0) is 34.0 Å². The Hall–Kier alpha value is -2.87. The lowest BCUT2D eigenvalue weighted by atomic mass is 9.78. The number of hydrogen-bond donors (Lipinski definition) is 1. The summed E-state index contributed by atoms with van der Waals surface area (Å²) in [5.41, 5.74) is 2.14. The molecule has 0 saturated carbocycles. The molecule has 0 aliphatic carbocycles. The van der Waals surface area contributed by atoms with Crippen LogP contribution in [-0.4, -0.2) is 45.4 Å². The second-order valence-electron chi connectivity index (χ2n) is 7.05. The fourth-order valence-corrected chi connectivity index (χ4v) is 3.41. The predicted octanol–water partition coefficient (Wildman–Crippen LogP) is 1.70. The smallest absolute Gasteiger partial charge is 0.355 e. The molecule has 1 aromatic rings. The van der Waals surface area contributed by atoms with Crippen molar-refractivity contribution in [3.05, 3.63) is 35.0 Å². The van der Waals surface area contributed by atoms with E-state index in [0.29, 0.717) is 12.1 Å². The molecule has 0 radical (unpaired) electrons. The van der Waals surface area contributed by atoms with Crippen LogP contribution in [0.3, 0.4) is 0 Å². The summed E-state index contributed by atoms with van der Waals surface area (Å²) in [4.78, 5) is 38.0. The van der Waals surface area contributed by atoms with Gasteiger partial charge in [0.15, 0.2) is 0 Å². The molecule has 0 unspecified atom stereocenters. The van der Waals surface area contributed by atoms with E-state index in [2.05, 4.69) is 5.32 Å². The molecule has 8 heteroatoms. The highest BCUT2D eigenvalue weighted by Crippen LogP contribution is 2.40. The molecular formula is C19H22N2O6. The molecular weight excluding hydrogens is 352 g/mol. The number of carbonyl (C=O) groups excluding carboxylic acids is 3. The number of fused-ring (bicyclic) bond motifs is 1. The van der Waals surface area contributed by atoms with Gasteiger partial charge in [-0.3, -0.25) is 4.79 Å². The molecule has 1 aromatic carbocycles. The van der Waals surface area contributed by atoms with Crippen LogP contribution in [0.2, 0.25) is 0 Å². The molecule has 2 heterocycles. The van der Waals surface area contributed by atoms with E-state index < -0.39 is 11.9 Å². The van der Waals surface area contributed by atoms with E-state index >= 15 is 0 Å². The number of methoxy groups -OCH3 is 2. The van der Waals surface area contributed by atoms with Crippen molar-refractivity contribution in [3.8, 4) is 0 Å². The van der Waals surface area contributed by atoms with E-state index in [1.807, 2.05) is 19.9 Å². The van der Waals surface area contributed by atoms with Crippen molar-refractivity contribution in [2.24, 2.45) is 0 Å². The lowest BCUT2D eigenvalue weighted by Gasteiger charge is -2.35. The number of amides is 1. The Morgan fingerprint density at radius 3 is 2.56 bits per heavy atom. The molecule has 0 aromatic heterocycles. The standard InChI is InChI=1S/C19H22N2O6/c1-19(2)8-15(22)20-14-6-5-11(7-13(14)19)21-10-27-9-12(17(23)25-3)16(21)18(24)26-4/h5-7H,8-10H2,1-4H3,(H,20,22). The molecule has 0 fully saturated rings. The van der Waals surface area contributed by atoms with E-state index in [4.69, 9.17) is 14.2 Å². The minimum atomic E-state index is -0.649. The molecule has 0 spiro atoms. The first-order valence-corrected chi connectivity index (χ1v) is 8.48. The van der Waals surface area contributed by atoms with Gasteiger partial charge in [0.25, 0.3) is 0 Å². The van der Waals surface area contributed by atoms with Gasteiger partial charge in [0, 0.05) is 23.2 Å². The second-order valence-corrected chi connectivity index (χ2v) is 7.05. The van der Waals surface area contributed by atoms with Crippen LogP contribution in [0.1, 0.15) is 25.8 Å². The van der Waals surface area contributed by atoms with Gasteiger partial charge in [0.1, 0.15) is 12.4 Å². The van der Waals surface area contributed by atoms with Gasteiger partial charge in [0.2, 0.25) is 5.91 Å². The molecule has 0 bridgehead atoms. The Balaban J connectivity index is 2.11. The van der Waals surface area contributed by atoms with Crippen molar-refractivity contribution in [1.82, 2.24) is 0 Å². The van der Waals surface area contributed by atoms with Crippen LogP contribution in [0, 0.1) is 0 Å². The molecule has 144 valence electrons. The van der Waals surface area contributed by atoms with Crippen molar-refractivity contribution in [1.29, 1.82) is 0 Å². The Bertz CT molecular complexity index is 843. The number of benzene rings is 1. The number of nitrogens with zero attached hydrogens (tertiary/aromatic N) is 1. The van der Waals surface area contributed by atoms with Gasteiger partial charge in [0.05, 0.1) is 26.4 Å². The Morgan fingerprint density at radius 2 is 1.89 bits per heavy atom. The summed E-state index contributed by atoms with van der Waals surface area (Å²) in [6.45, 7) is 4.01. The van der Waals surface area contributed by atoms with Crippen molar-refractivity contribution in [2.75, 3.05) is 37.8 Å².